The Kier molecular flexibility index (Phi) is 6.00. The number of furan rings is 1. The van der Waals surface area contributed by atoms with Crippen LogP contribution in [0.4, 0.5) is 0 Å². The molecular weight excluding hydrogens is 338 g/mol. The summed E-state index contributed by atoms with van der Waals surface area (Å²) in [7, 11) is -2.21. The second-order valence-corrected chi connectivity index (χ2v) is 6.84. The Morgan fingerprint density at radius 2 is 2.16 bits per heavy atom. The van der Waals surface area contributed by atoms with E-state index in [2.05, 4.69) is 20.7 Å². The van der Waals surface area contributed by atoms with Gasteiger partial charge in [-0.15, -0.1) is 0 Å². The zero-order valence-electron chi connectivity index (χ0n) is 11.0. The van der Waals surface area contributed by atoms with Crippen molar-refractivity contribution in [1.82, 2.24) is 4.72 Å². The summed E-state index contributed by atoms with van der Waals surface area (Å²) >= 11 is 3.03. The summed E-state index contributed by atoms with van der Waals surface area (Å²) in [5.74, 6) is 0.262. The highest BCUT2D eigenvalue weighted by Crippen LogP contribution is 2.26. The number of aliphatic hydroxyl groups is 1. The highest BCUT2D eigenvalue weighted by molar-refractivity contribution is 9.10. The standard InChI is InChI=1S/C11H18BrNO5S/c1-7(2)9(6-17-3)13-19(15,16)10-4-8(5-14)18-11(10)12/h4,7,9,13-14H,5-6H2,1-3H3. The fraction of sp³-hybridized carbons (Fsp3) is 0.636. The van der Waals surface area contributed by atoms with Gasteiger partial charge in [0.1, 0.15) is 17.3 Å². The van der Waals surface area contributed by atoms with Gasteiger partial charge in [0.25, 0.3) is 0 Å². The number of hydrogen-bond donors (Lipinski definition) is 2. The molecule has 1 aromatic rings. The fourth-order valence-electron chi connectivity index (χ4n) is 1.46. The zero-order chi connectivity index (χ0) is 14.6. The van der Waals surface area contributed by atoms with E-state index in [-0.39, 0.29) is 40.5 Å². The lowest BCUT2D eigenvalue weighted by molar-refractivity contribution is 0.157. The van der Waals surface area contributed by atoms with Crippen molar-refractivity contribution in [1.29, 1.82) is 0 Å². The molecule has 1 unspecified atom stereocenters. The first-order chi connectivity index (χ1) is 8.81. The van der Waals surface area contributed by atoms with E-state index < -0.39 is 10.0 Å². The minimum absolute atomic E-state index is 0.0293. The van der Waals surface area contributed by atoms with Crippen LogP contribution in [0, 0.1) is 5.92 Å². The van der Waals surface area contributed by atoms with E-state index in [0.29, 0.717) is 0 Å². The van der Waals surface area contributed by atoms with E-state index in [0.717, 1.165) is 0 Å². The molecular formula is C11H18BrNO5S. The Hall–Kier alpha value is -0.410. The molecule has 1 heterocycles. The topological polar surface area (TPSA) is 88.8 Å². The molecule has 0 bridgehead atoms. The summed E-state index contributed by atoms with van der Waals surface area (Å²) in [6.45, 7) is 3.71. The van der Waals surface area contributed by atoms with Crippen LogP contribution < -0.4 is 4.72 Å². The third-order valence-electron chi connectivity index (χ3n) is 2.61. The lowest BCUT2D eigenvalue weighted by Crippen LogP contribution is -2.41. The average molecular weight is 356 g/mol. The number of nitrogens with one attached hydrogen (secondary N) is 1. The molecule has 0 aliphatic heterocycles. The van der Waals surface area contributed by atoms with Crippen molar-refractivity contribution in [2.45, 2.75) is 31.4 Å². The first kappa shape index (κ1) is 16.6. The van der Waals surface area contributed by atoms with Crippen molar-refractivity contribution in [3.8, 4) is 0 Å². The lowest BCUT2D eigenvalue weighted by atomic mass is 10.1. The summed E-state index contributed by atoms with van der Waals surface area (Å²) in [6.07, 6.45) is 0. The fourth-order valence-corrected chi connectivity index (χ4v) is 3.83. The van der Waals surface area contributed by atoms with Gasteiger partial charge in [-0.1, -0.05) is 13.8 Å². The molecule has 2 N–H and O–H groups in total. The maximum atomic E-state index is 12.2. The van der Waals surface area contributed by atoms with E-state index >= 15 is 0 Å². The molecule has 0 fully saturated rings. The molecule has 0 aromatic carbocycles. The first-order valence-electron chi connectivity index (χ1n) is 5.72. The van der Waals surface area contributed by atoms with Crippen molar-refractivity contribution in [2.24, 2.45) is 5.92 Å². The van der Waals surface area contributed by atoms with E-state index in [1.807, 2.05) is 13.8 Å². The molecule has 0 aliphatic carbocycles. The molecule has 8 heteroatoms. The predicted molar refractivity (Wildman–Crippen MR) is 73.2 cm³/mol. The lowest BCUT2D eigenvalue weighted by Gasteiger charge is -2.20. The van der Waals surface area contributed by atoms with Crippen LogP contribution in [-0.4, -0.2) is 33.3 Å². The van der Waals surface area contributed by atoms with E-state index in [1.54, 1.807) is 0 Å². The van der Waals surface area contributed by atoms with Gasteiger partial charge in [0.15, 0.2) is 4.67 Å². The third-order valence-corrected chi connectivity index (χ3v) is 4.96. The van der Waals surface area contributed by atoms with Gasteiger partial charge in [0.2, 0.25) is 10.0 Å². The van der Waals surface area contributed by atoms with Crippen LogP contribution in [0.15, 0.2) is 20.0 Å². The van der Waals surface area contributed by atoms with Crippen LogP contribution in [-0.2, 0) is 21.4 Å². The van der Waals surface area contributed by atoms with Crippen LogP contribution in [0.3, 0.4) is 0 Å². The second-order valence-electron chi connectivity index (χ2n) is 4.44. The van der Waals surface area contributed by atoms with Crippen LogP contribution in [0.25, 0.3) is 0 Å². The Morgan fingerprint density at radius 1 is 1.53 bits per heavy atom. The van der Waals surface area contributed by atoms with Crippen molar-refractivity contribution in [3.05, 3.63) is 16.5 Å². The minimum Gasteiger partial charge on any atom is -0.450 e. The number of rotatable bonds is 7. The number of aliphatic hydroxyl groups excluding tert-OH is 1. The van der Waals surface area contributed by atoms with Gasteiger partial charge in [0, 0.05) is 19.2 Å². The molecule has 0 amide bonds. The molecule has 0 radical (unpaired) electrons. The number of sulfonamides is 1. The highest BCUT2D eigenvalue weighted by Gasteiger charge is 2.27. The Morgan fingerprint density at radius 3 is 2.58 bits per heavy atom. The quantitative estimate of drug-likeness (QED) is 0.773. The molecule has 1 aromatic heterocycles. The summed E-state index contributed by atoms with van der Waals surface area (Å²) < 4.78 is 37.2. The monoisotopic (exact) mass is 355 g/mol. The molecule has 19 heavy (non-hydrogen) atoms. The van der Waals surface area contributed by atoms with Crippen molar-refractivity contribution in [3.63, 3.8) is 0 Å². The largest absolute Gasteiger partial charge is 0.450 e. The van der Waals surface area contributed by atoms with Gasteiger partial charge < -0.3 is 14.3 Å². The molecule has 0 spiro atoms. The Balaban J connectivity index is 2.99. The second kappa shape index (κ2) is 6.85. The normalized spacial score (nSPS) is 14.0. The molecule has 110 valence electrons. The summed E-state index contributed by atoms with van der Waals surface area (Å²) in [6, 6.07) is 0.950. The van der Waals surface area contributed by atoms with E-state index in [9.17, 15) is 8.42 Å². The van der Waals surface area contributed by atoms with E-state index in [4.69, 9.17) is 14.3 Å². The molecule has 0 aliphatic rings. The molecule has 0 saturated carbocycles. The van der Waals surface area contributed by atoms with Crippen molar-refractivity contribution < 1.29 is 22.7 Å². The predicted octanol–water partition coefficient (Wildman–Crippen LogP) is 1.48. The van der Waals surface area contributed by atoms with Crippen LogP contribution in [0.5, 0.6) is 0 Å². The smallest absolute Gasteiger partial charge is 0.245 e. The van der Waals surface area contributed by atoms with Gasteiger partial charge in [0.05, 0.1) is 6.61 Å². The zero-order valence-corrected chi connectivity index (χ0v) is 13.4. The van der Waals surface area contributed by atoms with Crippen LogP contribution in [0.2, 0.25) is 0 Å². The summed E-state index contributed by atoms with van der Waals surface area (Å²) in [5.41, 5.74) is 0. The van der Waals surface area contributed by atoms with Crippen LogP contribution in [0.1, 0.15) is 19.6 Å². The highest BCUT2D eigenvalue weighted by atomic mass is 79.9. The summed E-state index contributed by atoms with van der Waals surface area (Å²) in [5, 5.41) is 8.95. The number of ether oxygens (including phenoxy) is 1. The number of methoxy groups -OCH3 is 1. The average Bonchev–Trinajstić information content (AvgIpc) is 2.70. The van der Waals surface area contributed by atoms with Crippen molar-refractivity contribution >= 4 is 26.0 Å². The minimum atomic E-state index is -3.73. The van der Waals surface area contributed by atoms with E-state index in [1.165, 1.54) is 13.2 Å². The number of hydrogen-bond acceptors (Lipinski definition) is 5. The maximum absolute atomic E-state index is 12.2. The Bertz CT molecular complexity index is 511. The Labute approximate surface area is 121 Å². The van der Waals surface area contributed by atoms with Gasteiger partial charge >= 0.3 is 0 Å². The first-order valence-corrected chi connectivity index (χ1v) is 7.99. The van der Waals surface area contributed by atoms with Gasteiger partial charge in [-0.3, -0.25) is 0 Å². The molecule has 1 rings (SSSR count). The summed E-state index contributed by atoms with van der Waals surface area (Å²) in [4.78, 5) is -0.0293. The van der Waals surface area contributed by atoms with Gasteiger partial charge in [-0.05, 0) is 21.8 Å². The molecule has 0 saturated heterocycles. The third kappa shape index (κ3) is 4.28. The van der Waals surface area contributed by atoms with Crippen LogP contribution >= 0.6 is 15.9 Å². The number of halogens is 1. The molecule has 6 nitrogen and oxygen atoms in total. The molecule has 1 atom stereocenters. The maximum Gasteiger partial charge on any atom is 0.245 e. The van der Waals surface area contributed by atoms with Crippen molar-refractivity contribution in [2.75, 3.05) is 13.7 Å². The van der Waals surface area contributed by atoms with Gasteiger partial charge in [-0.2, -0.15) is 0 Å². The van der Waals surface area contributed by atoms with Gasteiger partial charge in [-0.25, -0.2) is 13.1 Å². The SMILES string of the molecule is COCC(NS(=O)(=O)c1cc(CO)oc1Br)C(C)C.